The first kappa shape index (κ1) is 20.1. The molecule has 3 N–H and O–H groups in total. The van der Waals surface area contributed by atoms with Crippen LogP contribution in [0.4, 0.5) is 11.4 Å². The van der Waals surface area contributed by atoms with Crippen LogP contribution in [0.15, 0.2) is 48.5 Å². The van der Waals surface area contributed by atoms with Gasteiger partial charge in [-0.15, -0.1) is 0 Å². The Morgan fingerprint density at radius 2 is 1.00 bits per heavy atom. The van der Waals surface area contributed by atoms with Gasteiger partial charge in [-0.05, 0) is 76.2 Å². The van der Waals surface area contributed by atoms with Crippen LogP contribution in [-0.4, -0.2) is 33.4 Å². The number of rotatable bonds is 8. The van der Waals surface area contributed by atoms with Crippen LogP contribution in [0.25, 0.3) is 0 Å². The van der Waals surface area contributed by atoms with Crippen LogP contribution in [-0.2, 0) is 9.59 Å². The van der Waals surface area contributed by atoms with Crippen LogP contribution >= 0.6 is 0 Å². The molecule has 0 aliphatic carbocycles. The summed E-state index contributed by atoms with van der Waals surface area (Å²) >= 11 is 0. The quantitative estimate of drug-likeness (QED) is 0.644. The molecule has 2 rings (SSSR count). The standard InChI is InChI=1S/C20H23NO6/c1-19(2,17(22)23)26-15-9-5-13(6-10-15)21-14-7-11-16(12-8-14)27-20(3,4)18(24)25/h5-12,21H,1-4H3,(H,22,23)(H,24,25). The van der Waals surface area contributed by atoms with Crippen molar-refractivity contribution in [1.82, 2.24) is 0 Å². The Morgan fingerprint density at radius 3 is 1.26 bits per heavy atom. The zero-order valence-corrected chi connectivity index (χ0v) is 15.6. The van der Waals surface area contributed by atoms with Crippen molar-refractivity contribution in [2.24, 2.45) is 0 Å². The van der Waals surface area contributed by atoms with E-state index in [0.717, 1.165) is 11.4 Å². The second-order valence-electron chi connectivity index (χ2n) is 7.01. The molecule has 0 atom stereocenters. The van der Waals surface area contributed by atoms with Gasteiger partial charge in [0.15, 0.2) is 11.2 Å². The first-order chi connectivity index (χ1) is 12.5. The third-order valence-electron chi connectivity index (χ3n) is 3.77. The molecule has 0 amide bonds. The van der Waals surface area contributed by atoms with Crippen LogP contribution < -0.4 is 14.8 Å². The number of aliphatic carboxylic acids is 2. The Hall–Kier alpha value is -3.22. The van der Waals surface area contributed by atoms with Crippen molar-refractivity contribution in [2.75, 3.05) is 5.32 Å². The van der Waals surface area contributed by atoms with Gasteiger partial charge in [-0.1, -0.05) is 0 Å². The fourth-order valence-electron chi connectivity index (χ4n) is 2.06. The SMILES string of the molecule is CC(C)(Oc1ccc(Nc2ccc(OC(C)(C)C(=O)O)cc2)cc1)C(=O)O. The van der Waals surface area contributed by atoms with Crippen LogP contribution in [0.3, 0.4) is 0 Å². The Balaban J connectivity index is 2.01. The Bertz CT molecular complexity index is 740. The highest BCUT2D eigenvalue weighted by Crippen LogP contribution is 2.25. The number of benzene rings is 2. The van der Waals surface area contributed by atoms with Crippen LogP contribution in [0.1, 0.15) is 27.7 Å². The fraction of sp³-hybridized carbons (Fsp3) is 0.300. The number of carboxylic acid groups (broad SMARTS) is 2. The van der Waals surface area contributed by atoms with Crippen LogP contribution in [0.5, 0.6) is 11.5 Å². The molecule has 27 heavy (non-hydrogen) atoms. The molecule has 7 nitrogen and oxygen atoms in total. The summed E-state index contributed by atoms with van der Waals surface area (Å²) in [7, 11) is 0. The lowest BCUT2D eigenvalue weighted by Gasteiger charge is -2.22. The van der Waals surface area contributed by atoms with E-state index in [1.54, 1.807) is 48.5 Å². The summed E-state index contributed by atoms with van der Waals surface area (Å²) in [5.41, 5.74) is -1.05. The van der Waals surface area contributed by atoms with Gasteiger partial charge < -0.3 is 25.0 Å². The lowest BCUT2D eigenvalue weighted by molar-refractivity contribution is -0.152. The first-order valence-corrected chi connectivity index (χ1v) is 8.31. The first-order valence-electron chi connectivity index (χ1n) is 8.31. The molecule has 0 aromatic heterocycles. The molecule has 0 heterocycles. The number of hydrogen-bond acceptors (Lipinski definition) is 5. The third-order valence-corrected chi connectivity index (χ3v) is 3.77. The molecule has 2 aromatic rings. The summed E-state index contributed by atoms with van der Waals surface area (Å²) in [6, 6.07) is 13.8. The maximum absolute atomic E-state index is 11.1. The van der Waals surface area contributed by atoms with Crippen LogP contribution in [0, 0.1) is 0 Å². The number of nitrogens with one attached hydrogen (secondary N) is 1. The van der Waals surface area contributed by atoms with E-state index in [1.807, 2.05) is 0 Å². The minimum absolute atomic E-state index is 0.451. The molecule has 0 aliphatic heterocycles. The van der Waals surface area contributed by atoms with Crippen molar-refractivity contribution in [2.45, 2.75) is 38.9 Å². The highest BCUT2D eigenvalue weighted by Gasteiger charge is 2.30. The molecule has 7 heteroatoms. The molecule has 0 aliphatic rings. The molecule has 0 fully saturated rings. The zero-order valence-electron chi connectivity index (χ0n) is 15.6. The summed E-state index contributed by atoms with van der Waals surface area (Å²) in [5, 5.41) is 21.4. The molecule has 0 bridgehead atoms. The zero-order chi connectivity index (χ0) is 20.2. The molecule has 144 valence electrons. The van der Waals surface area contributed by atoms with Gasteiger partial charge in [0.05, 0.1) is 0 Å². The van der Waals surface area contributed by atoms with Gasteiger partial charge in [0.25, 0.3) is 0 Å². The molecular formula is C20H23NO6. The van der Waals surface area contributed by atoms with Gasteiger partial charge in [0.1, 0.15) is 11.5 Å². The highest BCUT2D eigenvalue weighted by atomic mass is 16.5. The fourth-order valence-corrected chi connectivity index (χ4v) is 2.06. The molecular weight excluding hydrogens is 350 g/mol. The highest BCUT2D eigenvalue weighted by molar-refractivity contribution is 5.77. The van der Waals surface area contributed by atoms with Gasteiger partial charge in [-0.3, -0.25) is 0 Å². The molecule has 2 aromatic carbocycles. The van der Waals surface area contributed by atoms with E-state index in [1.165, 1.54) is 27.7 Å². The van der Waals surface area contributed by atoms with Crippen molar-refractivity contribution >= 4 is 23.3 Å². The largest absolute Gasteiger partial charge is 0.478 e. The van der Waals surface area contributed by atoms with Gasteiger partial charge in [-0.2, -0.15) is 0 Å². The number of carbonyl (C=O) groups is 2. The Morgan fingerprint density at radius 1 is 0.704 bits per heavy atom. The smallest absolute Gasteiger partial charge is 0.347 e. The molecule has 0 spiro atoms. The van der Waals surface area contributed by atoms with Gasteiger partial charge in [0, 0.05) is 11.4 Å². The number of carboxylic acids is 2. The van der Waals surface area contributed by atoms with E-state index in [-0.39, 0.29) is 0 Å². The summed E-state index contributed by atoms with van der Waals surface area (Å²) in [6.45, 7) is 5.93. The molecule has 0 saturated carbocycles. The van der Waals surface area contributed by atoms with Gasteiger partial charge >= 0.3 is 11.9 Å². The van der Waals surface area contributed by atoms with Crippen LogP contribution in [0.2, 0.25) is 0 Å². The summed E-state index contributed by atoms with van der Waals surface area (Å²) < 4.78 is 10.9. The average Bonchev–Trinajstić information content (AvgIpc) is 2.57. The summed E-state index contributed by atoms with van der Waals surface area (Å²) in [4.78, 5) is 22.2. The van der Waals surface area contributed by atoms with E-state index in [4.69, 9.17) is 19.7 Å². The predicted molar refractivity (Wildman–Crippen MR) is 101 cm³/mol. The number of ether oxygens (including phenoxy) is 2. The minimum Gasteiger partial charge on any atom is -0.478 e. The lowest BCUT2D eigenvalue weighted by Crippen LogP contribution is -2.37. The van der Waals surface area contributed by atoms with E-state index in [9.17, 15) is 9.59 Å². The second kappa shape index (κ2) is 7.57. The second-order valence-corrected chi connectivity index (χ2v) is 7.01. The monoisotopic (exact) mass is 373 g/mol. The van der Waals surface area contributed by atoms with Crippen molar-refractivity contribution in [3.8, 4) is 11.5 Å². The Kier molecular flexibility index (Phi) is 5.64. The van der Waals surface area contributed by atoms with Gasteiger partial charge in [0.2, 0.25) is 0 Å². The molecule has 0 radical (unpaired) electrons. The molecule has 0 unspecified atom stereocenters. The summed E-state index contributed by atoms with van der Waals surface area (Å²) in [5.74, 6) is -1.18. The summed E-state index contributed by atoms with van der Waals surface area (Å²) in [6.07, 6.45) is 0. The third kappa shape index (κ3) is 5.37. The maximum Gasteiger partial charge on any atom is 0.347 e. The number of hydrogen-bond donors (Lipinski definition) is 3. The topological polar surface area (TPSA) is 105 Å². The van der Waals surface area contributed by atoms with E-state index >= 15 is 0 Å². The van der Waals surface area contributed by atoms with Crippen molar-refractivity contribution in [3.05, 3.63) is 48.5 Å². The Labute approximate surface area is 157 Å². The molecule has 0 saturated heterocycles. The van der Waals surface area contributed by atoms with Crippen molar-refractivity contribution in [3.63, 3.8) is 0 Å². The maximum atomic E-state index is 11.1. The average molecular weight is 373 g/mol. The van der Waals surface area contributed by atoms with Gasteiger partial charge in [-0.25, -0.2) is 9.59 Å². The van der Waals surface area contributed by atoms with Crippen molar-refractivity contribution < 1.29 is 29.3 Å². The van der Waals surface area contributed by atoms with E-state index in [0.29, 0.717) is 11.5 Å². The van der Waals surface area contributed by atoms with E-state index < -0.39 is 23.1 Å². The minimum atomic E-state index is -1.31. The van der Waals surface area contributed by atoms with Crippen molar-refractivity contribution in [1.29, 1.82) is 0 Å². The lowest BCUT2D eigenvalue weighted by atomic mass is 10.1. The number of anilines is 2. The predicted octanol–water partition coefficient (Wildman–Crippen LogP) is 3.91. The van der Waals surface area contributed by atoms with E-state index in [2.05, 4.69) is 5.32 Å². The normalized spacial score (nSPS) is 11.6.